The van der Waals surface area contributed by atoms with Crippen LogP contribution in [0.15, 0.2) is 0 Å². The van der Waals surface area contributed by atoms with E-state index >= 15 is 0 Å². The van der Waals surface area contributed by atoms with Crippen molar-refractivity contribution in [2.24, 2.45) is 5.41 Å². The second-order valence-corrected chi connectivity index (χ2v) is 9.38. The Bertz CT molecular complexity index is 521. The monoisotopic (exact) mass is 399 g/mol. The molecule has 7 heteroatoms. The van der Waals surface area contributed by atoms with Gasteiger partial charge in [-0.1, -0.05) is 6.92 Å². The number of alkyl halides is 1. The van der Waals surface area contributed by atoms with Crippen LogP contribution in [0, 0.1) is 5.41 Å². The van der Waals surface area contributed by atoms with Crippen LogP contribution in [0.25, 0.3) is 0 Å². The molecule has 0 bridgehead atoms. The van der Waals surface area contributed by atoms with Crippen LogP contribution < -0.4 is 0 Å². The summed E-state index contributed by atoms with van der Waals surface area (Å²) in [7, 11) is 1.81. The molecule has 3 fully saturated rings. The van der Waals surface area contributed by atoms with Gasteiger partial charge in [-0.2, -0.15) is 0 Å². The van der Waals surface area contributed by atoms with E-state index in [-0.39, 0.29) is 18.7 Å². The highest BCUT2D eigenvalue weighted by atomic mass is 19.1. The van der Waals surface area contributed by atoms with Gasteiger partial charge in [0.1, 0.15) is 6.17 Å². The van der Waals surface area contributed by atoms with E-state index in [1.54, 1.807) is 4.90 Å². The number of carbonyl (C=O) groups excluding carboxylic acids is 1. The van der Waals surface area contributed by atoms with Gasteiger partial charge in [0.25, 0.3) is 0 Å². The molecule has 1 saturated carbocycles. The molecule has 0 aromatic heterocycles. The van der Waals surface area contributed by atoms with Crippen LogP contribution in [0.1, 0.15) is 52.4 Å². The number of halogens is 1. The number of aliphatic hydroxyl groups is 1. The third kappa shape index (κ3) is 4.97. The second kappa shape index (κ2) is 9.26. The van der Waals surface area contributed by atoms with E-state index in [1.807, 2.05) is 14.0 Å². The number of piperidine rings is 1. The standard InChI is InChI=1S/C21H38FN3O3/c1-4-28-20(27)23(3)10-7-21(2)12-19(13-21)24-8-5-17(6-9-24)25-14-16(22)11-18(25)15-26/h16-19,26H,4-15H2,1-3H3/t16-,18-,19?,21?/m1/s1. The number of aliphatic hydroxyl groups excluding tert-OH is 1. The molecule has 1 amide bonds. The van der Waals surface area contributed by atoms with Crippen molar-refractivity contribution in [3.05, 3.63) is 0 Å². The van der Waals surface area contributed by atoms with Crippen LogP contribution in [-0.4, -0.2) is 96.6 Å². The van der Waals surface area contributed by atoms with Gasteiger partial charge in [0.2, 0.25) is 0 Å². The minimum Gasteiger partial charge on any atom is -0.450 e. The maximum absolute atomic E-state index is 13.7. The lowest BCUT2D eigenvalue weighted by atomic mass is 9.64. The number of ether oxygens (including phenoxy) is 1. The Morgan fingerprint density at radius 2 is 1.96 bits per heavy atom. The lowest BCUT2D eigenvalue weighted by Crippen LogP contribution is -2.55. The predicted octanol–water partition coefficient (Wildman–Crippen LogP) is 2.50. The Kier molecular flexibility index (Phi) is 7.21. The molecule has 2 heterocycles. The highest BCUT2D eigenvalue weighted by Crippen LogP contribution is 2.47. The topological polar surface area (TPSA) is 56.2 Å². The third-order valence-corrected chi connectivity index (χ3v) is 7.19. The highest BCUT2D eigenvalue weighted by molar-refractivity contribution is 5.67. The van der Waals surface area contributed by atoms with Crippen molar-refractivity contribution < 1.29 is 19.0 Å². The first-order valence-corrected chi connectivity index (χ1v) is 11.0. The molecule has 2 aliphatic heterocycles. The fraction of sp³-hybridized carbons (Fsp3) is 0.952. The van der Waals surface area contributed by atoms with Crippen LogP contribution in [-0.2, 0) is 4.74 Å². The van der Waals surface area contributed by atoms with Crippen LogP contribution in [0.2, 0.25) is 0 Å². The van der Waals surface area contributed by atoms with E-state index in [2.05, 4.69) is 16.7 Å². The van der Waals surface area contributed by atoms with Gasteiger partial charge in [-0.05, 0) is 64.0 Å². The first-order chi connectivity index (χ1) is 13.3. The first kappa shape index (κ1) is 21.8. The smallest absolute Gasteiger partial charge is 0.409 e. The zero-order valence-corrected chi connectivity index (χ0v) is 17.8. The van der Waals surface area contributed by atoms with Gasteiger partial charge in [0.15, 0.2) is 0 Å². The molecule has 2 atom stereocenters. The predicted molar refractivity (Wildman–Crippen MR) is 107 cm³/mol. The van der Waals surface area contributed by atoms with Gasteiger partial charge in [-0.3, -0.25) is 4.90 Å². The molecule has 28 heavy (non-hydrogen) atoms. The molecule has 6 nitrogen and oxygen atoms in total. The molecule has 0 spiro atoms. The Labute approximate surface area is 169 Å². The van der Waals surface area contributed by atoms with E-state index in [0.717, 1.165) is 38.9 Å². The summed E-state index contributed by atoms with van der Waals surface area (Å²) in [6.07, 6.45) is 4.99. The molecule has 3 rings (SSSR count). The van der Waals surface area contributed by atoms with Gasteiger partial charge in [0, 0.05) is 38.3 Å². The molecule has 0 unspecified atom stereocenters. The van der Waals surface area contributed by atoms with Crippen molar-refractivity contribution in [1.82, 2.24) is 14.7 Å². The second-order valence-electron chi connectivity index (χ2n) is 9.38. The molecule has 2 saturated heterocycles. The quantitative estimate of drug-likeness (QED) is 0.713. The van der Waals surface area contributed by atoms with E-state index in [9.17, 15) is 14.3 Å². The van der Waals surface area contributed by atoms with Gasteiger partial charge in [-0.25, -0.2) is 9.18 Å². The lowest BCUT2D eigenvalue weighted by molar-refractivity contribution is -0.0225. The highest BCUT2D eigenvalue weighted by Gasteiger charge is 2.44. The van der Waals surface area contributed by atoms with Gasteiger partial charge >= 0.3 is 6.09 Å². The first-order valence-electron chi connectivity index (χ1n) is 11.0. The Hall–Kier alpha value is -0.920. The maximum Gasteiger partial charge on any atom is 0.409 e. The number of hydrogen-bond acceptors (Lipinski definition) is 5. The van der Waals surface area contributed by atoms with E-state index in [4.69, 9.17) is 4.74 Å². The van der Waals surface area contributed by atoms with Crippen LogP contribution in [0.5, 0.6) is 0 Å². The number of nitrogens with zero attached hydrogens (tertiary/aromatic N) is 3. The minimum atomic E-state index is -0.782. The molecule has 1 N–H and O–H groups in total. The van der Waals surface area contributed by atoms with Crippen molar-refractivity contribution in [1.29, 1.82) is 0 Å². The molecule has 3 aliphatic rings. The Morgan fingerprint density at radius 1 is 1.29 bits per heavy atom. The van der Waals surface area contributed by atoms with E-state index < -0.39 is 6.17 Å². The Morgan fingerprint density at radius 3 is 2.57 bits per heavy atom. The summed E-state index contributed by atoms with van der Waals surface area (Å²) in [5.41, 5.74) is 0.306. The van der Waals surface area contributed by atoms with E-state index in [0.29, 0.717) is 37.1 Å². The number of rotatable bonds is 7. The number of amides is 1. The number of likely N-dealkylation sites (tertiary alicyclic amines) is 2. The molecular weight excluding hydrogens is 361 g/mol. The average Bonchev–Trinajstić information content (AvgIpc) is 3.05. The van der Waals surface area contributed by atoms with Gasteiger partial charge in [0.05, 0.1) is 13.2 Å². The van der Waals surface area contributed by atoms with Crippen LogP contribution in [0.3, 0.4) is 0 Å². The lowest BCUT2D eigenvalue weighted by Gasteiger charge is -2.52. The van der Waals surface area contributed by atoms with Gasteiger partial charge in [-0.15, -0.1) is 0 Å². The fourth-order valence-electron chi connectivity index (χ4n) is 5.40. The van der Waals surface area contributed by atoms with Crippen LogP contribution >= 0.6 is 0 Å². The molecular formula is C21H38FN3O3. The summed E-state index contributed by atoms with van der Waals surface area (Å²) >= 11 is 0. The zero-order valence-electron chi connectivity index (χ0n) is 17.8. The molecule has 0 aromatic carbocycles. The SMILES string of the molecule is CCOC(=O)N(C)CCC1(C)CC(N2CCC(N3C[C@H](F)C[C@@H]3CO)CC2)C1. The van der Waals surface area contributed by atoms with Gasteiger partial charge < -0.3 is 19.6 Å². The van der Waals surface area contributed by atoms with E-state index in [1.165, 1.54) is 12.8 Å². The maximum atomic E-state index is 13.7. The zero-order chi connectivity index (χ0) is 20.3. The molecule has 0 radical (unpaired) electrons. The number of carbonyl (C=O) groups is 1. The number of hydrogen-bond donors (Lipinski definition) is 1. The molecule has 0 aromatic rings. The van der Waals surface area contributed by atoms with Crippen molar-refractivity contribution in [3.8, 4) is 0 Å². The molecule has 1 aliphatic carbocycles. The summed E-state index contributed by atoms with van der Waals surface area (Å²) in [6, 6.07) is 1.06. The average molecular weight is 400 g/mol. The van der Waals surface area contributed by atoms with Crippen molar-refractivity contribution in [3.63, 3.8) is 0 Å². The molecule has 162 valence electrons. The largest absolute Gasteiger partial charge is 0.450 e. The van der Waals surface area contributed by atoms with Crippen LogP contribution in [0.4, 0.5) is 9.18 Å². The van der Waals surface area contributed by atoms with Crippen molar-refractivity contribution >= 4 is 6.09 Å². The third-order valence-electron chi connectivity index (χ3n) is 7.19. The minimum absolute atomic E-state index is 0.00920. The summed E-state index contributed by atoms with van der Waals surface area (Å²) < 4.78 is 18.8. The van der Waals surface area contributed by atoms with Crippen molar-refractivity contribution in [2.75, 3.05) is 46.4 Å². The summed E-state index contributed by atoms with van der Waals surface area (Å²) in [5.74, 6) is 0. The summed E-state index contributed by atoms with van der Waals surface area (Å²) in [4.78, 5) is 18.2. The Balaban J connectivity index is 1.38. The summed E-state index contributed by atoms with van der Waals surface area (Å²) in [6.45, 7) is 8.02. The van der Waals surface area contributed by atoms with Crippen molar-refractivity contribution in [2.45, 2.75) is 76.7 Å². The summed E-state index contributed by atoms with van der Waals surface area (Å²) in [5, 5.41) is 9.53. The fourth-order valence-corrected chi connectivity index (χ4v) is 5.40. The normalized spacial score (nSPS) is 35.0.